The molecule has 0 atom stereocenters. The molecule has 0 aliphatic rings. The number of carbonyl (C=O) groups excluding carboxylic acids is 1. The fourth-order valence-electron chi connectivity index (χ4n) is 1.87. The normalized spacial score (nSPS) is 10.2. The number of aromatic nitrogens is 2. The van der Waals surface area contributed by atoms with Crippen molar-refractivity contribution < 1.29 is 4.79 Å². The molecule has 2 aromatic heterocycles. The van der Waals surface area contributed by atoms with Crippen LogP contribution in [0, 0.1) is 6.92 Å². The van der Waals surface area contributed by atoms with Crippen LogP contribution < -0.4 is 10.6 Å². The molecule has 5 nitrogen and oxygen atoms in total. The van der Waals surface area contributed by atoms with Gasteiger partial charge in [0.1, 0.15) is 11.5 Å². The molecule has 110 valence electrons. The molecule has 0 saturated heterocycles. The first-order valence-electron chi connectivity index (χ1n) is 7.10. The average molecular weight is 284 g/mol. The van der Waals surface area contributed by atoms with E-state index in [1.54, 1.807) is 6.07 Å². The predicted octanol–water partition coefficient (Wildman–Crippen LogP) is 2.54. The van der Waals surface area contributed by atoms with Crippen LogP contribution in [0.1, 0.15) is 35.2 Å². The number of hydrogen-bond donors (Lipinski definition) is 2. The summed E-state index contributed by atoms with van der Waals surface area (Å²) < 4.78 is 0. The van der Waals surface area contributed by atoms with Gasteiger partial charge >= 0.3 is 0 Å². The lowest BCUT2D eigenvalue weighted by molar-refractivity contribution is 0.0945. The summed E-state index contributed by atoms with van der Waals surface area (Å²) in [4.78, 5) is 20.7. The first kappa shape index (κ1) is 15.0. The molecule has 0 aliphatic carbocycles. The molecule has 2 aromatic rings. The van der Waals surface area contributed by atoms with Crippen LogP contribution in [0.3, 0.4) is 0 Å². The number of rotatable bonds is 6. The fourth-order valence-corrected chi connectivity index (χ4v) is 1.87. The number of nitrogens with zero attached hydrogens (tertiary/aromatic N) is 2. The molecule has 0 spiro atoms. The number of anilines is 1. The molecule has 0 aliphatic heterocycles. The molecular weight excluding hydrogens is 264 g/mol. The lowest BCUT2D eigenvalue weighted by Crippen LogP contribution is -2.24. The minimum Gasteiger partial charge on any atom is -0.370 e. The topological polar surface area (TPSA) is 66.9 Å². The predicted molar refractivity (Wildman–Crippen MR) is 83.2 cm³/mol. The van der Waals surface area contributed by atoms with Gasteiger partial charge in [-0.2, -0.15) is 0 Å². The summed E-state index contributed by atoms with van der Waals surface area (Å²) >= 11 is 0. The van der Waals surface area contributed by atoms with Gasteiger partial charge in [0.15, 0.2) is 0 Å². The van der Waals surface area contributed by atoms with E-state index in [9.17, 15) is 4.79 Å². The number of hydrogen-bond acceptors (Lipinski definition) is 4. The Labute approximate surface area is 124 Å². The van der Waals surface area contributed by atoms with E-state index >= 15 is 0 Å². The second-order valence-electron chi connectivity index (χ2n) is 4.79. The molecule has 0 aromatic carbocycles. The molecule has 1 amide bonds. The summed E-state index contributed by atoms with van der Waals surface area (Å²) in [5, 5.41) is 6.00. The Kier molecular flexibility index (Phi) is 5.26. The number of pyridine rings is 2. The second kappa shape index (κ2) is 7.38. The van der Waals surface area contributed by atoms with E-state index in [4.69, 9.17) is 0 Å². The molecule has 0 unspecified atom stereocenters. The summed E-state index contributed by atoms with van der Waals surface area (Å²) in [6.45, 7) is 5.24. The van der Waals surface area contributed by atoms with Crippen molar-refractivity contribution in [1.82, 2.24) is 15.3 Å². The summed E-state index contributed by atoms with van der Waals surface area (Å²) in [5.74, 6) is 0.525. The molecule has 5 heteroatoms. The Morgan fingerprint density at radius 2 is 1.95 bits per heavy atom. The zero-order chi connectivity index (χ0) is 15.1. The third kappa shape index (κ3) is 4.56. The number of aryl methyl sites for hydroxylation is 1. The van der Waals surface area contributed by atoms with Crippen molar-refractivity contribution in [2.45, 2.75) is 26.8 Å². The summed E-state index contributed by atoms with van der Waals surface area (Å²) in [5.41, 5.74) is 2.18. The van der Waals surface area contributed by atoms with Gasteiger partial charge in [-0.1, -0.05) is 19.1 Å². The van der Waals surface area contributed by atoms with Gasteiger partial charge in [0.25, 0.3) is 5.91 Å². The van der Waals surface area contributed by atoms with Gasteiger partial charge in [-0.05, 0) is 37.6 Å². The highest BCUT2D eigenvalue weighted by atomic mass is 16.1. The van der Waals surface area contributed by atoms with Crippen molar-refractivity contribution in [2.24, 2.45) is 0 Å². The molecule has 0 saturated carbocycles. The van der Waals surface area contributed by atoms with Crippen molar-refractivity contribution in [2.75, 3.05) is 11.9 Å². The largest absolute Gasteiger partial charge is 0.370 e. The van der Waals surface area contributed by atoms with Crippen molar-refractivity contribution >= 4 is 11.7 Å². The van der Waals surface area contributed by atoms with Crippen molar-refractivity contribution in [3.8, 4) is 0 Å². The lowest BCUT2D eigenvalue weighted by atomic mass is 10.3. The third-order valence-electron chi connectivity index (χ3n) is 2.91. The summed E-state index contributed by atoms with van der Waals surface area (Å²) in [6.07, 6.45) is 1.01. The van der Waals surface area contributed by atoms with Crippen LogP contribution >= 0.6 is 0 Å². The zero-order valence-electron chi connectivity index (χ0n) is 12.4. The maximum Gasteiger partial charge on any atom is 0.270 e. The maximum atomic E-state index is 12.1. The second-order valence-corrected chi connectivity index (χ2v) is 4.79. The highest BCUT2D eigenvalue weighted by Gasteiger charge is 2.08. The molecule has 2 heterocycles. The van der Waals surface area contributed by atoms with Crippen LogP contribution in [0.15, 0.2) is 36.4 Å². The van der Waals surface area contributed by atoms with Crippen LogP contribution in [0.25, 0.3) is 0 Å². The molecule has 0 radical (unpaired) electrons. The van der Waals surface area contributed by atoms with Gasteiger partial charge in [0.2, 0.25) is 0 Å². The van der Waals surface area contributed by atoms with Gasteiger partial charge in [-0.25, -0.2) is 4.98 Å². The van der Waals surface area contributed by atoms with E-state index in [2.05, 4.69) is 27.5 Å². The Hall–Kier alpha value is -2.43. The van der Waals surface area contributed by atoms with Gasteiger partial charge in [0.05, 0.1) is 12.2 Å². The third-order valence-corrected chi connectivity index (χ3v) is 2.91. The van der Waals surface area contributed by atoms with E-state index in [1.165, 1.54) is 0 Å². The van der Waals surface area contributed by atoms with Gasteiger partial charge in [-0.15, -0.1) is 0 Å². The first-order valence-corrected chi connectivity index (χ1v) is 7.10. The van der Waals surface area contributed by atoms with Crippen LogP contribution in [0.2, 0.25) is 0 Å². The molecular formula is C16H20N4O. The van der Waals surface area contributed by atoms with Crippen molar-refractivity contribution in [1.29, 1.82) is 0 Å². The quantitative estimate of drug-likeness (QED) is 0.855. The van der Waals surface area contributed by atoms with Gasteiger partial charge in [0, 0.05) is 12.2 Å². The Balaban J connectivity index is 1.96. The summed E-state index contributed by atoms with van der Waals surface area (Å²) in [7, 11) is 0. The van der Waals surface area contributed by atoms with E-state index in [1.807, 2.05) is 37.3 Å². The van der Waals surface area contributed by atoms with Gasteiger partial charge < -0.3 is 10.6 Å². The van der Waals surface area contributed by atoms with E-state index in [-0.39, 0.29) is 5.91 Å². The van der Waals surface area contributed by atoms with Crippen LogP contribution in [0.5, 0.6) is 0 Å². The summed E-state index contributed by atoms with van der Waals surface area (Å²) in [6, 6.07) is 11.1. The molecule has 0 fully saturated rings. The van der Waals surface area contributed by atoms with Gasteiger partial charge in [-0.3, -0.25) is 9.78 Å². The highest BCUT2D eigenvalue weighted by molar-refractivity contribution is 5.92. The number of carbonyl (C=O) groups is 1. The number of amides is 1. The highest BCUT2D eigenvalue weighted by Crippen LogP contribution is 2.05. The monoisotopic (exact) mass is 284 g/mol. The van der Waals surface area contributed by atoms with Crippen LogP contribution in [0.4, 0.5) is 5.82 Å². The number of nitrogens with one attached hydrogen (secondary N) is 2. The standard InChI is InChI=1S/C16H20N4O/c1-3-10-17-15-9-5-8-14(20-15)16(21)18-11-13-7-4-6-12(2)19-13/h4-9H,3,10-11H2,1-2H3,(H,17,20)(H,18,21). The zero-order valence-corrected chi connectivity index (χ0v) is 12.4. The average Bonchev–Trinajstić information content (AvgIpc) is 2.51. The molecule has 0 bridgehead atoms. The van der Waals surface area contributed by atoms with E-state index in [0.29, 0.717) is 12.2 Å². The van der Waals surface area contributed by atoms with Crippen LogP contribution in [-0.2, 0) is 6.54 Å². The smallest absolute Gasteiger partial charge is 0.270 e. The Morgan fingerprint density at radius 1 is 1.14 bits per heavy atom. The van der Waals surface area contributed by atoms with Crippen molar-refractivity contribution in [3.63, 3.8) is 0 Å². The maximum absolute atomic E-state index is 12.1. The van der Waals surface area contributed by atoms with Crippen molar-refractivity contribution in [3.05, 3.63) is 53.5 Å². The first-order chi connectivity index (χ1) is 10.2. The SMILES string of the molecule is CCCNc1cccc(C(=O)NCc2cccc(C)n2)n1. The van der Waals surface area contributed by atoms with E-state index in [0.717, 1.165) is 30.2 Å². The lowest BCUT2D eigenvalue weighted by Gasteiger charge is -2.07. The fraction of sp³-hybridized carbons (Fsp3) is 0.312. The minimum atomic E-state index is -0.196. The van der Waals surface area contributed by atoms with Crippen LogP contribution in [-0.4, -0.2) is 22.4 Å². The minimum absolute atomic E-state index is 0.196. The Bertz CT molecular complexity index is 613. The molecule has 2 N–H and O–H groups in total. The molecule has 21 heavy (non-hydrogen) atoms. The Morgan fingerprint density at radius 3 is 2.71 bits per heavy atom. The molecule has 2 rings (SSSR count). The van der Waals surface area contributed by atoms with E-state index < -0.39 is 0 Å².